The number of unbranched alkanes of at least 4 members (excludes halogenated alkanes) is 34. The third-order valence-electron chi connectivity index (χ3n) is 15.0. The van der Waals surface area contributed by atoms with E-state index in [-0.39, 0.29) is 25.7 Å². The molecule has 0 fully saturated rings. The normalized spacial score (nSPS) is 14.3. The molecule has 5 atom stereocenters. The van der Waals surface area contributed by atoms with Crippen LogP contribution >= 0.6 is 15.6 Å². The van der Waals surface area contributed by atoms with E-state index in [2.05, 4.69) is 41.5 Å². The van der Waals surface area contributed by atoms with Crippen molar-refractivity contribution in [2.75, 3.05) is 39.6 Å². The molecule has 0 rings (SSSR count). The first-order valence-electron chi connectivity index (χ1n) is 34.0. The van der Waals surface area contributed by atoms with Gasteiger partial charge in [0.1, 0.15) is 19.3 Å². The lowest BCUT2D eigenvalue weighted by atomic mass is 10.0. The van der Waals surface area contributed by atoms with Gasteiger partial charge >= 0.3 is 39.5 Å². The Morgan fingerprint density at radius 1 is 0.321 bits per heavy atom. The first-order valence-corrected chi connectivity index (χ1v) is 37.0. The highest BCUT2D eigenvalue weighted by Crippen LogP contribution is 2.45. The standard InChI is InChI=1S/C65H126O17P2/c1-7-9-11-13-28-37-43-49-64(69)81-60(53-75-62(67)47-41-33-12-10-8-2)55-79-83(71,72)77-51-59(66)52-78-84(73,74)80-56-61(82-65(70)50-44-38-32-27-23-19-15-17-21-25-30-35-40-46-58(5)6)54-76-63(68)48-42-36-31-26-22-18-14-16-20-24-29-34-39-45-57(3)4/h57-61,66H,7-56H2,1-6H3,(H,71,72)(H,73,74)/t59-,60+,61+/m0/s1. The summed E-state index contributed by atoms with van der Waals surface area (Å²) in [6.45, 7) is 9.41. The average Bonchev–Trinajstić information content (AvgIpc) is 3.60. The van der Waals surface area contributed by atoms with Crippen molar-refractivity contribution in [3.8, 4) is 0 Å². The van der Waals surface area contributed by atoms with Crippen LogP contribution in [0.15, 0.2) is 0 Å². The molecule has 19 heteroatoms. The van der Waals surface area contributed by atoms with Crippen molar-refractivity contribution in [1.82, 2.24) is 0 Å². The highest BCUT2D eigenvalue weighted by Gasteiger charge is 2.30. The lowest BCUT2D eigenvalue weighted by Crippen LogP contribution is -2.30. The molecule has 0 aromatic rings. The smallest absolute Gasteiger partial charge is 0.462 e. The van der Waals surface area contributed by atoms with E-state index in [0.717, 1.165) is 121 Å². The molecule has 0 aliphatic heterocycles. The van der Waals surface area contributed by atoms with Crippen LogP contribution in [0.2, 0.25) is 0 Å². The zero-order valence-electron chi connectivity index (χ0n) is 54.2. The second-order valence-corrected chi connectivity index (χ2v) is 27.4. The van der Waals surface area contributed by atoms with E-state index in [4.69, 9.17) is 37.0 Å². The molecule has 0 aromatic heterocycles. The number of phosphoric ester groups is 2. The van der Waals surface area contributed by atoms with Crippen LogP contribution in [-0.2, 0) is 65.4 Å². The van der Waals surface area contributed by atoms with Crippen LogP contribution in [0.3, 0.4) is 0 Å². The van der Waals surface area contributed by atoms with Crippen LogP contribution in [0.4, 0.5) is 0 Å². The second-order valence-electron chi connectivity index (χ2n) is 24.5. The molecular formula is C65H126O17P2. The highest BCUT2D eigenvalue weighted by molar-refractivity contribution is 7.47. The van der Waals surface area contributed by atoms with Gasteiger partial charge in [-0.1, -0.05) is 273 Å². The molecule has 0 spiro atoms. The molecule has 0 amide bonds. The summed E-state index contributed by atoms with van der Waals surface area (Å²) in [5.74, 6) is -0.569. The number of ether oxygens (including phenoxy) is 4. The summed E-state index contributed by atoms with van der Waals surface area (Å²) in [4.78, 5) is 71.9. The lowest BCUT2D eigenvalue weighted by molar-refractivity contribution is -0.161. The second kappa shape index (κ2) is 57.5. The maximum Gasteiger partial charge on any atom is 0.472 e. The van der Waals surface area contributed by atoms with Crippen molar-refractivity contribution in [2.24, 2.45) is 11.8 Å². The molecule has 17 nitrogen and oxygen atoms in total. The predicted molar refractivity (Wildman–Crippen MR) is 335 cm³/mol. The van der Waals surface area contributed by atoms with Gasteiger partial charge in [0.25, 0.3) is 0 Å². The minimum Gasteiger partial charge on any atom is -0.462 e. The van der Waals surface area contributed by atoms with E-state index in [0.29, 0.717) is 25.7 Å². The minimum atomic E-state index is -4.94. The van der Waals surface area contributed by atoms with E-state index in [1.807, 2.05) is 0 Å². The van der Waals surface area contributed by atoms with Gasteiger partial charge in [-0.25, -0.2) is 9.13 Å². The molecule has 2 unspecified atom stereocenters. The number of aliphatic hydroxyl groups is 1. The number of esters is 4. The summed E-state index contributed by atoms with van der Waals surface area (Å²) in [7, 11) is -9.87. The van der Waals surface area contributed by atoms with E-state index in [1.54, 1.807) is 0 Å². The molecule has 84 heavy (non-hydrogen) atoms. The minimum absolute atomic E-state index is 0.103. The van der Waals surface area contributed by atoms with Gasteiger partial charge in [-0.15, -0.1) is 0 Å². The highest BCUT2D eigenvalue weighted by atomic mass is 31.2. The number of carbonyl (C=O) groups is 4. The molecule has 0 aliphatic carbocycles. The van der Waals surface area contributed by atoms with Crippen molar-refractivity contribution in [2.45, 2.75) is 342 Å². The molecule has 498 valence electrons. The predicted octanol–water partition coefficient (Wildman–Crippen LogP) is 18.0. The zero-order valence-corrected chi connectivity index (χ0v) is 56.0. The van der Waals surface area contributed by atoms with Crippen molar-refractivity contribution >= 4 is 39.5 Å². The summed E-state index contributed by atoms with van der Waals surface area (Å²) in [6.07, 6.45) is 40.8. The summed E-state index contributed by atoms with van der Waals surface area (Å²) in [5, 5.41) is 10.5. The third-order valence-corrected chi connectivity index (χ3v) is 16.9. The number of hydrogen-bond acceptors (Lipinski definition) is 15. The quantitative estimate of drug-likeness (QED) is 0.0222. The number of aliphatic hydroxyl groups excluding tert-OH is 1. The molecule has 3 N–H and O–H groups in total. The fourth-order valence-corrected chi connectivity index (χ4v) is 11.3. The summed E-state index contributed by atoms with van der Waals surface area (Å²) < 4.78 is 67.7. The molecule has 0 radical (unpaired) electrons. The van der Waals surface area contributed by atoms with Crippen LogP contribution < -0.4 is 0 Å². The third kappa shape index (κ3) is 59.0. The molecule has 0 aliphatic rings. The number of rotatable bonds is 64. The van der Waals surface area contributed by atoms with E-state index in [1.165, 1.54) is 122 Å². The Labute approximate surface area is 511 Å². The maximum atomic E-state index is 13.0. The van der Waals surface area contributed by atoms with Crippen LogP contribution in [0.25, 0.3) is 0 Å². The largest absolute Gasteiger partial charge is 0.472 e. The van der Waals surface area contributed by atoms with E-state index in [9.17, 15) is 43.2 Å². The van der Waals surface area contributed by atoms with Crippen molar-refractivity contribution in [3.05, 3.63) is 0 Å². The average molecular weight is 1240 g/mol. The van der Waals surface area contributed by atoms with Gasteiger partial charge in [0.15, 0.2) is 12.2 Å². The molecule has 0 heterocycles. The van der Waals surface area contributed by atoms with Crippen LogP contribution in [0.5, 0.6) is 0 Å². The Balaban J connectivity index is 5.13. The number of carbonyl (C=O) groups excluding carboxylic acids is 4. The van der Waals surface area contributed by atoms with Gasteiger partial charge < -0.3 is 33.8 Å². The van der Waals surface area contributed by atoms with Crippen molar-refractivity contribution in [1.29, 1.82) is 0 Å². The van der Waals surface area contributed by atoms with Crippen LogP contribution in [0.1, 0.15) is 324 Å². The number of phosphoric acid groups is 2. The first-order chi connectivity index (χ1) is 40.4. The summed E-state index contributed by atoms with van der Waals surface area (Å²) >= 11 is 0. The van der Waals surface area contributed by atoms with Crippen LogP contribution in [0, 0.1) is 11.8 Å². The van der Waals surface area contributed by atoms with Gasteiger partial charge in [0.2, 0.25) is 0 Å². The molecule has 0 saturated heterocycles. The van der Waals surface area contributed by atoms with Gasteiger partial charge in [-0.3, -0.25) is 37.3 Å². The summed E-state index contributed by atoms with van der Waals surface area (Å²) in [6, 6.07) is 0. The van der Waals surface area contributed by atoms with Crippen molar-refractivity contribution < 1.29 is 80.2 Å². The Hall–Kier alpha value is -1.94. The Morgan fingerprint density at radius 2 is 0.548 bits per heavy atom. The Morgan fingerprint density at radius 3 is 0.810 bits per heavy atom. The van der Waals surface area contributed by atoms with Crippen molar-refractivity contribution in [3.63, 3.8) is 0 Å². The Kier molecular flexibility index (Phi) is 56.2. The Bertz CT molecular complexity index is 1650. The molecule has 0 aromatic carbocycles. The van der Waals surface area contributed by atoms with Gasteiger partial charge in [0.05, 0.1) is 26.4 Å². The van der Waals surface area contributed by atoms with Gasteiger partial charge in [-0.2, -0.15) is 0 Å². The van der Waals surface area contributed by atoms with Gasteiger partial charge in [0, 0.05) is 25.7 Å². The fraction of sp³-hybridized carbons (Fsp3) is 0.938. The monoisotopic (exact) mass is 1240 g/mol. The summed E-state index contributed by atoms with van der Waals surface area (Å²) in [5.41, 5.74) is 0. The fourth-order valence-electron chi connectivity index (χ4n) is 9.71. The first kappa shape index (κ1) is 82.1. The molecule has 0 saturated carbocycles. The van der Waals surface area contributed by atoms with Crippen LogP contribution in [-0.4, -0.2) is 96.7 Å². The van der Waals surface area contributed by atoms with E-state index < -0.39 is 97.5 Å². The SMILES string of the molecule is CCCCCCCCCC(=O)O[C@H](COC(=O)CCCCCCC)COP(=O)(O)OC[C@H](O)COP(=O)(O)OC[C@@H](COC(=O)CCCCCCCCCCCCCCCC(C)C)OC(=O)CCCCCCCCCCCCCCCC(C)C. The molecular weight excluding hydrogens is 1110 g/mol. The lowest BCUT2D eigenvalue weighted by Gasteiger charge is -2.21. The zero-order chi connectivity index (χ0) is 62.2. The topological polar surface area (TPSA) is 237 Å². The molecule has 0 bridgehead atoms. The van der Waals surface area contributed by atoms with Gasteiger partial charge in [-0.05, 0) is 37.5 Å². The van der Waals surface area contributed by atoms with E-state index >= 15 is 0 Å². The maximum absolute atomic E-state index is 13.0. The number of hydrogen-bond donors (Lipinski definition) is 3.